The summed E-state index contributed by atoms with van der Waals surface area (Å²) in [5, 5.41) is 32.5. The maximum Gasteiger partial charge on any atom is 0.331 e. The predicted molar refractivity (Wildman–Crippen MR) is 148 cm³/mol. The molecule has 6 nitrogen and oxygen atoms in total. The monoisotopic (exact) mass is 512 g/mol. The van der Waals surface area contributed by atoms with Crippen LogP contribution in [-0.4, -0.2) is 46.7 Å². The molecule has 3 rings (SSSR count). The molecule has 2 aromatic carbocycles. The van der Waals surface area contributed by atoms with Gasteiger partial charge < -0.3 is 24.8 Å². The molecule has 0 aliphatic heterocycles. The van der Waals surface area contributed by atoms with Crippen molar-refractivity contribution in [3.8, 4) is 11.5 Å². The Hall–Kier alpha value is -2.57. The lowest BCUT2D eigenvalue weighted by molar-refractivity contribution is -0.132. The van der Waals surface area contributed by atoms with Gasteiger partial charge in [-0.1, -0.05) is 95.6 Å². The Balaban J connectivity index is 1.86. The van der Waals surface area contributed by atoms with E-state index in [9.17, 15) is 20.1 Å². The van der Waals surface area contributed by atoms with Crippen LogP contribution in [-0.2, 0) is 17.6 Å². The summed E-state index contributed by atoms with van der Waals surface area (Å²) in [7, 11) is 0. The van der Waals surface area contributed by atoms with Gasteiger partial charge in [-0.15, -0.1) is 0 Å². The number of aliphatic carboxylic acids is 1. The van der Waals surface area contributed by atoms with Gasteiger partial charge in [-0.05, 0) is 19.3 Å². The van der Waals surface area contributed by atoms with Gasteiger partial charge in [0.15, 0.2) is 0 Å². The standard InChI is InChI=1S/C31H44O6/c1-3-5-7-9-13-23(32)20-36-29-25-15-11-12-16-26(25)30(37-21-24(33)14-10-8-6-4-2)28-19-22(31(34)35)17-18-27(28)29/h11-12,15-17,23-24,32-33H,3-10,13-14,18-21H2,1-2H3,(H,34,35). The molecule has 0 bridgehead atoms. The fourth-order valence-corrected chi connectivity index (χ4v) is 5.00. The zero-order chi connectivity index (χ0) is 26.6. The Labute approximate surface area is 221 Å². The topological polar surface area (TPSA) is 96.2 Å². The Kier molecular flexibility index (Phi) is 11.7. The molecule has 1 aliphatic rings. The van der Waals surface area contributed by atoms with E-state index in [1.807, 2.05) is 24.3 Å². The summed E-state index contributed by atoms with van der Waals surface area (Å²) < 4.78 is 12.5. The van der Waals surface area contributed by atoms with Gasteiger partial charge in [0.2, 0.25) is 0 Å². The van der Waals surface area contributed by atoms with Gasteiger partial charge in [0.1, 0.15) is 24.7 Å². The number of hydrogen-bond donors (Lipinski definition) is 3. The molecule has 0 aromatic heterocycles. The van der Waals surface area contributed by atoms with Gasteiger partial charge in [0, 0.05) is 33.9 Å². The quantitative estimate of drug-likeness (QED) is 0.213. The Morgan fingerprint density at radius 1 is 0.811 bits per heavy atom. The van der Waals surface area contributed by atoms with Crippen LogP contribution in [0.15, 0.2) is 35.9 Å². The highest BCUT2D eigenvalue weighted by molar-refractivity contribution is 5.97. The molecule has 0 amide bonds. The molecule has 2 unspecified atom stereocenters. The summed E-state index contributed by atoms with van der Waals surface area (Å²) in [5.74, 6) is 0.370. The average molecular weight is 513 g/mol. The van der Waals surface area contributed by atoms with E-state index in [1.165, 1.54) is 6.42 Å². The number of aliphatic hydroxyl groups is 2. The maximum absolute atomic E-state index is 11.8. The zero-order valence-electron chi connectivity index (χ0n) is 22.5. The third-order valence-electron chi connectivity index (χ3n) is 7.15. The maximum atomic E-state index is 11.8. The van der Waals surface area contributed by atoms with E-state index in [2.05, 4.69) is 13.8 Å². The third-order valence-corrected chi connectivity index (χ3v) is 7.15. The minimum Gasteiger partial charge on any atom is -0.490 e. The summed E-state index contributed by atoms with van der Waals surface area (Å²) in [6.07, 6.45) is 11.4. The van der Waals surface area contributed by atoms with E-state index in [-0.39, 0.29) is 19.6 Å². The van der Waals surface area contributed by atoms with Crippen LogP contribution in [0.5, 0.6) is 11.5 Å². The Morgan fingerprint density at radius 2 is 1.32 bits per heavy atom. The number of carboxylic acid groups (broad SMARTS) is 1. The molecule has 0 spiro atoms. The van der Waals surface area contributed by atoms with Gasteiger partial charge in [0.05, 0.1) is 12.2 Å². The van der Waals surface area contributed by atoms with Crippen LogP contribution in [0.25, 0.3) is 10.8 Å². The van der Waals surface area contributed by atoms with Crippen molar-refractivity contribution in [3.63, 3.8) is 0 Å². The zero-order valence-corrected chi connectivity index (χ0v) is 22.5. The number of rotatable bonds is 17. The van der Waals surface area contributed by atoms with E-state index in [0.717, 1.165) is 66.8 Å². The molecule has 0 saturated heterocycles. The lowest BCUT2D eigenvalue weighted by Crippen LogP contribution is -2.21. The molecule has 0 heterocycles. The molecular weight excluding hydrogens is 468 g/mol. The van der Waals surface area contributed by atoms with Crippen molar-refractivity contribution in [2.45, 2.75) is 103 Å². The first kappa shape index (κ1) is 29.0. The first-order valence-corrected chi connectivity index (χ1v) is 14.1. The van der Waals surface area contributed by atoms with Crippen LogP contribution in [0.2, 0.25) is 0 Å². The molecule has 2 aromatic rings. The molecule has 6 heteroatoms. The average Bonchev–Trinajstić information content (AvgIpc) is 2.90. The number of hydrogen-bond acceptors (Lipinski definition) is 5. The lowest BCUT2D eigenvalue weighted by atomic mass is 9.87. The molecule has 2 atom stereocenters. The summed E-state index contributed by atoms with van der Waals surface area (Å²) >= 11 is 0. The number of ether oxygens (including phenoxy) is 2. The highest BCUT2D eigenvalue weighted by Gasteiger charge is 2.27. The SMILES string of the molecule is CCCCCCC(O)COc1c2c(c(OCC(O)CCCCCC)c3ccccc13)CC(C(=O)O)=CC2. The smallest absolute Gasteiger partial charge is 0.331 e. The second-order valence-corrected chi connectivity index (χ2v) is 10.2. The van der Waals surface area contributed by atoms with Crippen LogP contribution in [0, 0.1) is 0 Å². The van der Waals surface area contributed by atoms with E-state index in [1.54, 1.807) is 6.08 Å². The molecule has 0 fully saturated rings. The number of unbranched alkanes of at least 4 members (excludes halogenated alkanes) is 6. The van der Waals surface area contributed by atoms with Crippen molar-refractivity contribution in [2.75, 3.05) is 13.2 Å². The van der Waals surface area contributed by atoms with Crippen LogP contribution in [0.4, 0.5) is 0 Å². The van der Waals surface area contributed by atoms with Crippen molar-refractivity contribution in [1.82, 2.24) is 0 Å². The van der Waals surface area contributed by atoms with E-state index >= 15 is 0 Å². The van der Waals surface area contributed by atoms with Crippen molar-refractivity contribution in [1.29, 1.82) is 0 Å². The van der Waals surface area contributed by atoms with Crippen molar-refractivity contribution < 1.29 is 29.6 Å². The van der Waals surface area contributed by atoms with Crippen LogP contribution in [0.1, 0.15) is 89.2 Å². The van der Waals surface area contributed by atoms with E-state index in [0.29, 0.717) is 36.3 Å². The lowest BCUT2D eigenvalue weighted by Gasteiger charge is -2.26. The normalized spacial score (nSPS) is 14.6. The van der Waals surface area contributed by atoms with Gasteiger partial charge in [-0.2, -0.15) is 0 Å². The van der Waals surface area contributed by atoms with Crippen LogP contribution in [0.3, 0.4) is 0 Å². The third kappa shape index (κ3) is 8.21. The Morgan fingerprint density at radius 3 is 1.81 bits per heavy atom. The van der Waals surface area contributed by atoms with Gasteiger partial charge in [-0.25, -0.2) is 4.79 Å². The largest absolute Gasteiger partial charge is 0.490 e. The van der Waals surface area contributed by atoms with Crippen LogP contribution >= 0.6 is 0 Å². The highest BCUT2D eigenvalue weighted by Crippen LogP contribution is 2.44. The molecule has 3 N–H and O–H groups in total. The summed E-state index contributed by atoms with van der Waals surface area (Å²) in [6.45, 7) is 4.68. The van der Waals surface area contributed by atoms with Gasteiger partial charge in [0.25, 0.3) is 0 Å². The molecule has 1 aliphatic carbocycles. The number of allylic oxidation sites excluding steroid dienone is 1. The predicted octanol–water partition coefficient (Wildman–Crippen LogP) is 6.37. The van der Waals surface area contributed by atoms with Crippen LogP contribution < -0.4 is 9.47 Å². The van der Waals surface area contributed by atoms with Crippen molar-refractivity contribution in [2.24, 2.45) is 0 Å². The van der Waals surface area contributed by atoms with Crippen molar-refractivity contribution in [3.05, 3.63) is 47.0 Å². The van der Waals surface area contributed by atoms with E-state index in [4.69, 9.17) is 9.47 Å². The summed E-state index contributed by atoms with van der Waals surface area (Å²) in [4.78, 5) is 11.8. The fourth-order valence-electron chi connectivity index (χ4n) is 5.00. The highest BCUT2D eigenvalue weighted by atomic mass is 16.5. The van der Waals surface area contributed by atoms with E-state index < -0.39 is 18.2 Å². The first-order chi connectivity index (χ1) is 18.0. The molecular formula is C31H44O6. The first-order valence-electron chi connectivity index (χ1n) is 14.1. The molecule has 37 heavy (non-hydrogen) atoms. The molecule has 204 valence electrons. The fraction of sp³-hybridized carbons (Fsp3) is 0.581. The molecule has 0 radical (unpaired) electrons. The number of benzene rings is 2. The second kappa shape index (κ2) is 15.0. The summed E-state index contributed by atoms with van der Waals surface area (Å²) in [5.41, 5.74) is 2.02. The van der Waals surface area contributed by atoms with Gasteiger partial charge >= 0.3 is 5.97 Å². The number of fused-ring (bicyclic) bond motifs is 2. The van der Waals surface area contributed by atoms with Gasteiger partial charge in [-0.3, -0.25) is 0 Å². The number of aliphatic hydroxyl groups excluding tert-OH is 2. The number of carboxylic acids is 1. The second-order valence-electron chi connectivity index (χ2n) is 10.2. The molecule has 0 saturated carbocycles. The van der Waals surface area contributed by atoms with Crippen molar-refractivity contribution >= 4 is 16.7 Å². The minimum absolute atomic E-state index is 0.158. The minimum atomic E-state index is -0.939. The number of carbonyl (C=O) groups is 1. The Bertz CT molecular complexity index is 1040. The summed E-state index contributed by atoms with van der Waals surface area (Å²) in [6, 6.07) is 7.79.